The monoisotopic (exact) mass is 312 g/mol. The highest BCUT2D eigenvalue weighted by molar-refractivity contribution is 5.90. The van der Waals surface area contributed by atoms with Gasteiger partial charge in [-0.05, 0) is 32.1 Å². The normalized spacial score (nSPS) is 10.6. The van der Waals surface area contributed by atoms with Crippen molar-refractivity contribution in [1.82, 2.24) is 5.32 Å². The molecule has 0 aromatic heterocycles. The summed E-state index contributed by atoms with van der Waals surface area (Å²) in [4.78, 5) is 11.5. The zero-order valence-corrected chi connectivity index (χ0v) is 11.6. The minimum atomic E-state index is -4.74. The van der Waals surface area contributed by atoms with E-state index in [2.05, 4.69) is 15.4 Å². The van der Waals surface area contributed by atoms with Crippen molar-refractivity contribution in [3.05, 3.63) is 24.3 Å². The number of carbonyl (C=O) groups excluding carboxylic acids is 1. The van der Waals surface area contributed by atoms with Crippen LogP contribution in [0.25, 0.3) is 0 Å². The van der Waals surface area contributed by atoms with Gasteiger partial charge >= 0.3 is 6.36 Å². The molecule has 0 fully saturated rings. The van der Waals surface area contributed by atoms with Crippen LogP contribution in [0.5, 0.6) is 5.75 Å². The van der Waals surface area contributed by atoms with E-state index in [1.165, 1.54) is 18.2 Å². The fourth-order valence-corrected chi connectivity index (χ4v) is 1.42. The minimum absolute atomic E-state index is 0. The van der Waals surface area contributed by atoms with Gasteiger partial charge in [-0.25, -0.2) is 0 Å². The van der Waals surface area contributed by atoms with E-state index in [0.29, 0.717) is 19.4 Å². The molecule has 0 saturated heterocycles. The lowest BCUT2D eigenvalue weighted by Gasteiger charge is -2.10. The molecule has 2 N–H and O–H groups in total. The number of rotatable bonds is 6. The van der Waals surface area contributed by atoms with Crippen LogP contribution in [0.1, 0.15) is 12.8 Å². The first kappa shape index (κ1) is 18.5. The van der Waals surface area contributed by atoms with E-state index >= 15 is 0 Å². The van der Waals surface area contributed by atoms with Crippen molar-refractivity contribution >= 4 is 24.0 Å². The van der Waals surface area contributed by atoms with Gasteiger partial charge in [-0.2, -0.15) is 0 Å². The van der Waals surface area contributed by atoms with Crippen LogP contribution in [0.2, 0.25) is 0 Å². The average Bonchev–Trinajstić information content (AvgIpc) is 2.27. The average molecular weight is 313 g/mol. The van der Waals surface area contributed by atoms with Crippen LogP contribution in [0.4, 0.5) is 18.9 Å². The van der Waals surface area contributed by atoms with E-state index in [0.717, 1.165) is 6.07 Å². The molecule has 1 amide bonds. The molecule has 20 heavy (non-hydrogen) atoms. The van der Waals surface area contributed by atoms with Gasteiger partial charge in [0.05, 0.1) is 0 Å². The van der Waals surface area contributed by atoms with Crippen LogP contribution >= 0.6 is 12.4 Å². The van der Waals surface area contributed by atoms with Crippen molar-refractivity contribution in [3.63, 3.8) is 0 Å². The highest BCUT2D eigenvalue weighted by Crippen LogP contribution is 2.25. The summed E-state index contributed by atoms with van der Waals surface area (Å²) in [6.07, 6.45) is -3.79. The predicted octanol–water partition coefficient (Wildman–Crippen LogP) is 2.95. The third kappa shape index (κ3) is 7.85. The molecule has 0 saturated carbocycles. The van der Waals surface area contributed by atoms with Crippen LogP contribution in [0.15, 0.2) is 24.3 Å². The molecule has 0 bridgehead atoms. The second-order valence-electron chi connectivity index (χ2n) is 3.83. The number of anilines is 1. The Morgan fingerprint density at radius 3 is 2.65 bits per heavy atom. The van der Waals surface area contributed by atoms with Crippen LogP contribution in [-0.2, 0) is 4.79 Å². The maximum Gasteiger partial charge on any atom is 0.573 e. The summed E-state index contributed by atoms with van der Waals surface area (Å²) in [5, 5.41) is 5.41. The van der Waals surface area contributed by atoms with Crippen LogP contribution < -0.4 is 15.4 Å². The third-order valence-corrected chi connectivity index (χ3v) is 2.18. The molecule has 0 aliphatic heterocycles. The summed E-state index contributed by atoms with van der Waals surface area (Å²) < 4.78 is 39.8. The van der Waals surface area contributed by atoms with Crippen molar-refractivity contribution in [2.45, 2.75) is 19.2 Å². The lowest BCUT2D eigenvalue weighted by Crippen LogP contribution is -2.18. The summed E-state index contributed by atoms with van der Waals surface area (Å²) >= 11 is 0. The number of benzene rings is 1. The number of hydrogen-bond acceptors (Lipinski definition) is 3. The Morgan fingerprint density at radius 2 is 2.05 bits per heavy atom. The SMILES string of the molecule is CNCCCC(=O)Nc1cccc(OC(F)(F)F)c1.Cl. The van der Waals surface area contributed by atoms with Gasteiger partial charge in [-0.1, -0.05) is 6.07 Å². The van der Waals surface area contributed by atoms with Gasteiger partial charge in [0.2, 0.25) is 5.91 Å². The Balaban J connectivity index is 0.00000361. The fraction of sp³-hybridized carbons (Fsp3) is 0.417. The predicted molar refractivity (Wildman–Crippen MR) is 72.2 cm³/mol. The molecule has 1 aromatic rings. The number of carbonyl (C=O) groups is 1. The maximum atomic E-state index is 12.0. The summed E-state index contributed by atoms with van der Waals surface area (Å²) in [7, 11) is 1.77. The number of hydrogen-bond donors (Lipinski definition) is 2. The van der Waals surface area contributed by atoms with Gasteiger partial charge in [0.15, 0.2) is 0 Å². The summed E-state index contributed by atoms with van der Waals surface area (Å²) in [5.41, 5.74) is 0.274. The second-order valence-corrected chi connectivity index (χ2v) is 3.83. The molecule has 0 unspecified atom stereocenters. The molecule has 1 rings (SSSR count). The highest BCUT2D eigenvalue weighted by Gasteiger charge is 2.31. The third-order valence-electron chi connectivity index (χ3n) is 2.18. The van der Waals surface area contributed by atoms with E-state index in [1.807, 2.05) is 0 Å². The lowest BCUT2D eigenvalue weighted by molar-refractivity contribution is -0.274. The standard InChI is InChI=1S/C12H15F3N2O2.ClH/c1-16-7-3-6-11(18)17-9-4-2-5-10(8-9)19-12(13,14)15;/h2,4-5,8,16H,3,6-7H2,1H3,(H,17,18);1H. The molecule has 114 valence electrons. The topological polar surface area (TPSA) is 50.4 Å². The first-order valence-electron chi connectivity index (χ1n) is 5.71. The zero-order valence-electron chi connectivity index (χ0n) is 10.8. The van der Waals surface area contributed by atoms with E-state index in [9.17, 15) is 18.0 Å². The molecule has 0 spiro atoms. The number of nitrogens with one attached hydrogen (secondary N) is 2. The van der Waals surface area contributed by atoms with E-state index < -0.39 is 6.36 Å². The largest absolute Gasteiger partial charge is 0.573 e. The van der Waals surface area contributed by atoms with E-state index in [1.54, 1.807) is 7.05 Å². The molecule has 0 aliphatic carbocycles. The van der Waals surface area contributed by atoms with Crippen molar-refractivity contribution < 1.29 is 22.7 Å². The van der Waals surface area contributed by atoms with Gasteiger partial charge in [-0.15, -0.1) is 25.6 Å². The van der Waals surface area contributed by atoms with Crippen LogP contribution in [0, 0.1) is 0 Å². The van der Waals surface area contributed by atoms with Gasteiger partial charge in [0.25, 0.3) is 0 Å². The first-order valence-corrected chi connectivity index (χ1v) is 5.71. The van der Waals surface area contributed by atoms with Crippen molar-refractivity contribution in [1.29, 1.82) is 0 Å². The molecule has 8 heteroatoms. The highest BCUT2D eigenvalue weighted by atomic mass is 35.5. The molecular weight excluding hydrogens is 297 g/mol. The zero-order chi connectivity index (χ0) is 14.3. The number of alkyl halides is 3. The first-order chi connectivity index (χ1) is 8.90. The number of amides is 1. The second kappa shape index (κ2) is 8.65. The molecule has 0 radical (unpaired) electrons. The Kier molecular flexibility index (Phi) is 8.02. The maximum absolute atomic E-state index is 12.0. The quantitative estimate of drug-likeness (QED) is 0.794. The van der Waals surface area contributed by atoms with Crippen LogP contribution in [0.3, 0.4) is 0 Å². The van der Waals surface area contributed by atoms with E-state index in [4.69, 9.17) is 0 Å². The summed E-state index contributed by atoms with van der Waals surface area (Å²) in [6.45, 7) is 0.699. The van der Waals surface area contributed by atoms with E-state index in [-0.39, 0.29) is 29.8 Å². The molecule has 0 heterocycles. The van der Waals surface area contributed by atoms with Crippen molar-refractivity contribution in [3.8, 4) is 5.75 Å². The van der Waals surface area contributed by atoms with Gasteiger partial charge in [0, 0.05) is 18.2 Å². The van der Waals surface area contributed by atoms with Crippen molar-refractivity contribution in [2.24, 2.45) is 0 Å². The Morgan fingerprint density at radius 1 is 1.35 bits per heavy atom. The van der Waals surface area contributed by atoms with Gasteiger partial charge < -0.3 is 15.4 Å². The smallest absolute Gasteiger partial charge is 0.406 e. The Labute approximate surface area is 121 Å². The fourth-order valence-electron chi connectivity index (χ4n) is 1.42. The summed E-state index contributed by atoms with van der Waals surface area (Å²) in [6, 6.07) is 5.18. The van der Waals surface area contributed by atoms with Crippen LogP contribution in [-0.4, -0.2) is 25.9 Å². The van der Waals surface area contributed by atoms with Gasteiger partial charge in [0.1, 0.15) is 5.75 Å². The molecule has 1 aromatic carbocycles. The molecule has 4 nitrogen and oxygen atoms in total. The minimum Gasteiger partial charge on any atom is -0.406 e. The van der Waals surface area contributed by atoms with Gasteiger partial charge in [-0.3, -0.25) is 4.79 Å². The lowest BCUT2D eigenvalue weighted by atomic mass is 10.2. The summed E-state index contributed by atoms with van der Waals surface area (Å²) in [5.74, 6) is -0.611. The number of halogens is 4. The molecular formula is C12H16ClF3N2O2. The molecule has 0 atom stereocenters. The molecule has 0 aliphatic rings. The Hall–Kier alpha value is -1.47. The number of ether oxygens (including phenoxy) is 1. The van der Waals surface area contributed by atoms with Crippen molar-refractivity contribution in [2.75, 3.05) is 18.9 Å². The Bertz CT molecular complexity index is 427.